The number of rotatable bonds is 1. The van der Waals surface area contributed by atoms with E-state index >= 15 is 0 Å². The van der Waals surface area contributed by atoms with Crippen molar-refractivity contribution in [2.75, 3.05) is 0 Å². The van der Waals surface area contributed by atoms with E-state index in [-0.39, 0.29) is 0 Å². The highest BCUT2D eigenvalue weighted by Crippen LogP contribution is 2.19. The van der Waals surface area contributed by atoms with E-state index in [1.54, 1.807) is 0 Å². The molecule has 2 heteroatoms. The van der Waals surface area contributed by atoms with E-state index in [2.05, 4.69) is 48.8 Å². The Balaban J connectivity index is 2.83. The van der Waals surface area contributed by atoms with Crippen molar-refractivity contribution >= 4 is 10.9 Å². The number of nitrogens with zero attached hydrogens (tertiary/aromatic N) is 2. The summed E-state index contributed by atoms with van der Waals surface area (Å²) in [6.07, 6.45) is 3.91. The van der Waals surface area contributed by atoms with Crippen LogP contribution in [0, 0.1) is 0 Å². The zero-order valence-electron chi connectivity index (χ0n) is 8.86. The second-order valence-electron chi connectivity index (χ2n) is 3.90. The first-order valence-electron chi connectivity index (χ1n) is 4.93. The van der Waals surface area contributed by atoms with E-state index in [4.69, 9.17) is 0 Å². The molecule has 72 valence electrons. The normalized spacial score (nSPS) is 11.1. The third-order valence-corrected chi connectivity index (χ3v) is 2.50. The minimum atomic E-state index is 0.521. The van der Waals surface area contributed by atoms with Gasteiger partial charge in [0, 0.05) is 18.2 Å². The minimum Gasteiger partial charge on any atom is -0.256 e. The fraction of sp³-hybridized carbons (Fsp3) is 0.333. The first-order valence-corrected chi connectivity index (χ1v) is 4.93. The van der Waals surface area contributed by atoms with Crippen molar-refractivity contribution in [1.29, 1.82) is 0 Å². The largest absolute Gasteiger partial charge is 0.256 e. The number of aryl methyl sites for hydroxylation is 1. The second kappa shape index (κ2) is 3.37. The van der Waals surface area contributed by atoms with E-state index in [0.29, 0.717) is 5.92 Å². The number of hydrogen-bond acceptors (Lipinski definition) is 1. The van der Waals surface area contributed by atoms with Gasteiger partial charge in [-0.25, -0.2) is 4.57 Å². The maximum atomic E-state index is 4.35. The van der Waals surface area contributed by atoms with Crippen LogP contribution in [0.4, 0.5) is 0 Å². The Kier molecular flexibility index (Phi) is 2.20. The zero-order chi connectivity index (χ0) is 10.1. The van der Waals surface area contributed by atoms with E-state index in [1.165, 1.54) is 11.1 Å². The van der Waals surface area contributed by atoms with Crippen molar-refractivity contribution in [3.05, 3.63) is 36.3 Å². The molecule has 2 aromatic rings. The van der Waals surface area contributed by atoms with Crippen molar-refractivity contribution < 1.29 is 4.57 Å². The van der Waals surface area contributed by atoms with Gasteiger partial charge in [0.05, 0.1) is 10.9 Å². The van der Waals surface area contributed by atoms with Gasteiger partial charge in [-0.3, -0.25) is 4.98 Å². The third-order valence-electron chi connectivity index (χ3n) is 2.50. The van der Waals surface area contributed by atoms with Crippen LogP contribution in [0.15, 0.2) is 30.6 Å². The molecule has 0 fully saturated rings. The standard InChI is InChI=1S/C12H15N2/c1-9(2)12-10-5-4-7-13-11(10)6-8-14(12)3/h4-9H,1-3H3/q+1. The highest BCUT2D eigenvalue weighted by Gasteiger charge is 2.15. The van der Waals surface area contributed by atoms with Crippen LogP contribution in [0.1, 0.15) is 25.5 Å². The van der Waals surface area contributed by atoms with Crippen molar-refractivity contribution in [2.45, 2.75) is 19.8 Å². The predicted molar refractivity (Wildman–Crippen MR) is 57.0 cm³/mol. The lowest BCUT2D eigenvalue weighted by atomic mass is 10.0. The average Bonchev–Trinajstić information content (AvgIpc) is 2.17. The molecule has 0 aliphatic heterocycles. The molecule has 0 N–H and O–H groups in total. The summed E-state index contributed by atoms with van der Waals surface area (Å²) >= 11 is 0. The topological polar surface area (TPSA) is 16.8 Å². The molecule has 0 spiro atoms. The molecule has 0 aliphatic carbocycles. The third kappa shape index (κ3) is 1.37. The first-order chi connectivity index (χ1) is 6.70. The molecule has 2 rings (SSSR count). The van der Waals surface area contributed by atoms with Gasteiger partial charge in [-0.15, -0.1) is 0 Å². The molecule has 14 heavy (non-hydrogen) atoms. The molecule has 2 aromatic heterocycles. The minimum absolute atomic E-state index is 0.521. The average molecular weight is 187 g/mol. The smallest absolute Gasteiger partial charge is 0.193 e. The highest BCUT2D eigenvalue weighted by molar-refractivity contribution is 5.79. The number of hydrogen-bond donors (Lipinski definition) is 0. The van der Waals surface area contributed by atoms with E-state index < -0.39 is 0 Å². The maximum absolute atomic E-state index is 4.35. The van der Waals surface area contributed by atoms with Crippen LogP contribution in [-0.2, 0) is 7.05 Å². The van der Waals surface area contributed by atoms with Crippen LogP contribution >= 0.6 is 0 Å². The summed E-state index contributed by atoms with van der Waals surface area (Å²) in [5, 5.41) is 1.26. The molecule has 0 aromatic carbocycles. The molecule has 0 unspecified atom stereocenters. The van der Waals surface area contributed by atoms with Crippen molar-refractivity contribution in [1.82, 2.24) is 4.98 Å². The summed E-state index contributed by atoms with van der Waals surface area (Å²) in [6.45, 7) is 4.42. The van der Waals surface area contributed by atoms with Gasteiger partial charge in [-0.2, -0.15) is 0 Å². The summed E-state index contributed by atoms with van der Waals surface area (Å²) in [6, 6.07) is 6.19. The van der Waals surface area contributed by atoms with Gasteiger partial charge < -0.3 is 0 Å². The van der Waals surface area contributed by atoms with Gasteiger partial charge in [-0.05, 0) is 12.1 Å². The van der Waals surface area contributed by atoms with Crippen LogP contribution < -0.4 is 4.57 Å². The number of aromatic nitrogens is 2. The van der Waals surface area contributed by atoms with Gasteiger partial charge in [0.2, 0.25) is 0 Å². The van der Waals surface area contributed by atoms with Crippen LogP contribution in [0.3, 0.4) is 0 Å². The predicted octanol–water partition coefficient (Wildman–Crippen LogP) is 2.18. The molecule has 0 amide bonds. The Morgan fingerprint density at radius 1 is 1.29 bits per heavy atom. The zero-order valence-corrected chi connectivity index (χ0v) is 8.86. The fourth-order valence-electron chi connectivity index (χ4n) is 1.94. The van der Waals surface area contributed by atoms with Crippen molar-refractivity contribution in [3.63, 3.8) is 0 Å². The van der Waals surface area contributed by atoms with Crippen LogP contribution in [0.25, 0.3) is 10.9 Å². The molecule has 0 radical (unpaired) electrons. The number of fused-ring (bicyclic) bond motifs is 1. The molecule has 0 aliphatic rings. The molecular weight excluding hydrogens is 172 g/mol. The lowest BCUT2D eigenvalue weighted by molar-refractivity contribution is -0.678. The quantitative estimate of drug-likeness (QED) is 0.625. The molecule has 0 saturated carbocycles. The van der Waals surface area contributed by atoms with E-state index in [1.807, 2.05) is 12.3 Å². The van der Waals surface area contributed by atoms with Gasteiger partial charge in [-0.1, -0.05) is 13.8 Å². The van der Waals surface area contributed by atoms with Gasteiger partial charge in [0.1, 0.15) is 7.05 Å². The highest BCUT2D eigenvalue weighted by atomic mass is 14.9. The second-order valence-corrected chi connectivity index (χ2v) is 3.90. The van der Waals surface area contributed by atoms with Crippen molar-refractivity contribution in [3.8, 4) is 0 Å². The SMILES string of the molecule is CC(C)c1c2cccnc2cc[n+]1C. The Morgan fingerprint density at radius 3 is 2.79 bits per heavy atom. The Hall–Kier alpha value is -1.44. The monoisotopic (exact) mass is 187 g/mol. The summed E-state index contributed by atoms with van der Waals surface area (Å²) in [5.41, 5.74) is 2.42. The van der Waals surface area contributed by atoms with Gasteiger partial charge >= 0.3 is 0 Å². The fourth-order valence-corrected chi connectivity index (χ4v) is 1.94. The van der Waals surface area contributed by atoms with Gasteiger partial charge in [0.25, 0.3) is 0 Å². The summed E-state index contributed by atoms with van der Waals surface area (Å²) < 4.78 is 2.18. The van der Waals surface area contributed by atoms with Crippen molar-refractivity contribution in [2.24, 2.45) is 7.05 Å². The number of pyridine rings is 2. The summed E-state index contributed by atoms with van der Waals surface area (Å²) in [7, 11) is 2.09. The molecule has 2 nitrogen and oxygen atoms in total. The molecule has 2 heterocycles. The maximum Gasteiger partial charge on any atom is 0.193 e. The lowest BCUT2D eigenvalue weighted by Gasteiger charge is -2.06. The Bertz CT molecular complexity index is 461. The molecule has 0 saturated heterocycles. The van der Waals surface area contributed by atoms with Crippen LogP contribution in [0.2, 0.25) is 0 Å². The summed E-state index contributed by atoms with van der Waals surface area (Å²) in [4.78, 5) is 4.35. The van der Waals surface area contributed by atoms with E-state index in [0.717, 1.165) is 5.52 Å². The first kappa shape index (κ1) is 9.13. The van der Waals surface area contributed by atoms with Crippen LogP contribution in [-0.4, -0.2) is 4.98 Å². The molecule has 0 atom stereocenters. The van der Waals surface area contributed by atoms with Crippen LogP contribution in [0.5, 0.6) is 0 Å². The molecular formula is C12H15N2+. The van der Waals surface area contributed by atoms with E-state index in [9.17, 15) is 0 Å². The molecule has 0 bridgehead atoms. The lowest BCUT2D eigenvalue weighted by Crippen LogP contribution is -2.33. The summed E-state index contributed by atoms with van der Waals surface area (Å²) in [5.74, 6) is 0.521. The Morgan fingerprint density at radius 2 is 2.07 bits per heavy atom. The Labute approximate surface area is 84.2 Å². The van der Waals surface area contributed by atoms with Gasteiger partial charge in [0.15, 0.2) is 11.9 Å².